The van der Waals surface area contributed by atoms with Crippen molar-refractivity contribution in [3.8, 4) is 0 Å². The average molecular weight is 281 g/mol. The molecular weight excluding hydrogens is 265 g/mol. The highest BCUT2D eigenvalue weighted by Crippen LogP contribution is 2.20. The maximum atomic E-state index is 12.7. The number of aliphatic hydroxyl groups excluding tert-OH is 1. The van der Waals surface area contributed by atoms with Gasteiger partial charge < -0.3 is 15.1 Å². The van der Waals surface area contributed by atoms with E-state index >= 15 is 0 Å². The van der Waals surface area contributed by atoms with E-state index in [0.29, 0.717) is 6.42 Å². The van der Waals surface area contributed by atoms with E-state index in [1.807, 2.05) is 0 Å². The van der Waals surface area contributed by atoms with Crippen molar-refractivity contribution in [2.75, 3.05) is 6.54 Å². The molecule has 1 amide bonds. The molecule has 2 atom stereocenters. The number of likely N-dealkylation sites (tertiary alicyclic amines) is 1. The quantitative estimate of drug-likeness (QED) is 0.856. The summed E-state index contributed by atoms with van der Waals surface area (Å²) in [5.74, 6) is -1.75. The number of aliphatic carboxylic acids is 1. The lowest BCUT2D eigenvalue weighted by Gasteiger charge is -2.21. The van der Waals surface area contributed by atoms with Crippen LogP contribution in [0.1, 0.15) is 18.4 Å². The number of aliphatic hydroxyl groups is 1. The van der Waals surface area contributed by atoms with Crippen LogP contribution in [-0.4, -0.2) is 45.7 Å². The first-order valence-electron chi connectivity index (χ1n) is 6.42. The van der Waals surface area contributed by atoms with Crippen molar-refractivity contribution >= 4 is 11.9 Å². The van der Waals surface area contributed by atoms with E-state index in [9.17, 15) is 19.1 Å². The molecule has 0 unspecified atom stereocenters. The molecule has 2 N–H and O–H groups in total. The molecule has 2 rings (SSSR count). The SMILES string of the molecule is O=C(O)[C@@H]1C[C@H](O)CN1C(=O)CCc1ccc(F)cc1. The predicted octanol–water partition coefficient (Wildman–Crippen LogP) is 0.805. The molecule has 108 valence electrons. The number of nitrogens with zero attached hydrogens (tertiary/aromatic N) is 1. The van der Waals surface area contributed by atoms with Crippen molar-refractivity contribution in [2.24, 2.45) is 0 Å². The van der Waals surface area contributed by atoms with Gasteiger partial charge in [-0.15, -0.1) is 0 Å². The summed E-state index contributed by atoms with van der Waals surface area (Å²) >= 11 is 0. The van der Waals surface area contributed by atoms with Gasteiger partial charge >= 0.3 is 5.97 Å². The van der Waals surface area contributed by atoms with E-state index in [-0.39, 0.29) is 31.1 Å². The third-order valence-electron chi connectivity index (χ3n) is 3.43. The Morgan fingerprint density at radius 3 is 2.55 bits per heavy atom. The Morgan fingerprint density at radius 1 is 1.30 bits per heavy atom. The molecule has 1 aliphatic rings. The average Bonchev–Trinajstić information content (AvgIpc) is 2.80. The van der Waals surface area contributed by atoms with Crippen molar-refractivity contribution in [2.45, 2.75) is 31.4 Å². The second-order valence-electron chi connectivity index (χ2n) is 4.92. The largest absolute Gasteiger partial charge is 0.480 e. The zero-order valence-electron chi connectivity index (χ0n) is 10.8. The number of β-amino-alcohol motifs (C(OH)–C–C–N with tert-alkyl or cyclic N) is 1. The molecule has 0 radical (unpaired) electrons. The smallest absolute Gasteiger partial charge is 0.326 e. The number of carbonyl (C=O) groups excluding carboxylic acids is 1. The number of amides is 1. The third kappa shape index (κ3) is 3.33. The summed E-state index contributed by atoms with van der Waals surface area (Å²) in [6.07, 6.45) is -0.163. The summed E-state index contributed by atoms with van der Waals surface area (Å²) in [5.41, 5.74) is 0.811. The molecule has 0 bridgehead atoms. The van der Waals surface area contributed by atoms with Gasteiger partial charge in [-0.25, -0.2) is 9.18 Å². The summed E-state index contributed by atoms with van der Waals surface area (Å²) in [6.45, 7) is 0.0548. The Morgan fingerprint density at radius 2 is 1.95 bits per heavy atom. The first-order valence-corrected chi connectivity index (χ1v) is 6.42. The van der Waals surface area contributed by atoms with Gasteiger partial charge in [0.25, 0.3) is 0 Å². The van der Waals surface area contributed by atoms with E-state index in [1.165, 1.54) is 17.0 Å². The summed E-state index contributed by atoms with van der Waals surface area (Å²) in [4.78, 5) is 24.3. The summed E-state index contributed by atoms with van der Waals surface area (Å²) < 4.78 is 12.7. The van der Waals surface area contributed by atoms with Crippen LogP contribution in [0.3, 0.4) is 0 Å². The van der Waals surface area contributed by atoms with Crippen LogP contribution in [0.5, 0.6) is 0 Å². The van der Waals surface area contributed by atoms with E-state index < -0.39 is 18.1 Å². The van der Waals surface area contributed by atoms with Gasteiger partial charge in [0.05, 0.1) is 6.10 Å². The first-order chi connectivity index (χ1) is 9.47. The second-order valence-corrected chi connectivity index (χ2v) is 4.92. The number of aryl methyl sites for hydroxylation is 1. The van der Waals surface area contributed by atoms with Crippen LogP contribution >= 0.6 is 0 Å². The lowest BCUT2D eigenvalue weighted by atomic mass is 10.1. The lowest BCUT2D eigenvalue weighted by molar-refractivity contribution is -0.148. The van der Waals surface area contributed by atoms with Crippen LogP contribution < -0.4 is 0 Å². The number of hydrogen-bond acceptors (Lipinski definition) is 3. The van der Waals surface area contributed by atoms with Crippen LogP contribution in [0.4, 0.5) is 4.39 Å². The van der Waals surface area contributed by atoms with E-state index in [1.54, 1.807) is 12.1 Å². The Hall–Kier alpha value is -1.95. The zero-order chi connectivity index (χ0) is 14.7. The maximum Gasteiger partial charge on any atom is 0.326 e. The molecule has 6 heteroatoms. The molecule has 1 saturated heterocycles. The fraction of sp³-hybridized carbons (Fsp3) is 0.429. The minimum absolute atomic E-state index is 0.0548. The number of carboxylic acids is 1. The fourth-order valence-electron chi connectivity index (χ4n) is 2.37. The summed E-state index contributed by atoms with van der Waals surface area (Å²) in [5, 5.41) is 18.5. The van der Waals surface area contributed by atoms with Crippen LogP contribution in [0.2, 0.25) is 0 Å². The predicted molar refractivity (Wildman–Crippen MR) is 68.5 cm³/mol. The van der Waals surface area contributed by atoms with Gasteiger partial charge in [-0.1, -0.05) is 12.1 Å². The number of carboxylic acid groups (broad SMARTS) is 1. The van der Waals surface area contributed by atoms with Crippen molar-refractivity contribution in [3.63, 3.8) is 0 Å². The Bertz CT molecular complexity index is 502. The van der Waals surface area contributed by atoms with Gasteiger partial charge in [-0.3, -0.25) is 4.79 Å². The van der Waals surface area contributed by atoms with Crippen LogP contribution in [0.15, 0.2) is 24.3 Å². The van der Waals surface area contributed by atoms with Gasteiger partial charge in [-0.2, -0.15) is 0 Å². The van der Waals surface area contributed by atoms with Crippen LogP contribution in [0.25, 0.3) is 0 Å². The number of hydrogen-bond donors (Lipinski definition) is 2. The molecule has 20 heavy (non-hydrogen) atoms. The summed E-state index contributed by atoms with van der Waals surface area (Å²) in [6, 6.07) is 4.87. The number of halogens is 1. The molecule has 0 saturated carbocycles. The maximum absolute atomic E-state index is 12.7. The van der Waals surface area contributed by atoms with Gasteiger partial charge in [0.1, 0.15) is 11.9 Å². The van der Waals surface area contributed by atoms with Crippen LogP contribution in [-0.2, 0) is 16.0 Å². The van der Waals surface area contributed by atoms with Gasteiger partial charge in [0, 0.05) is 19.4 Å². The number of benzene rings is 1. The number of carbonyl (C=O) groups is 2. The molecular formula is C14H16FNO4. The van der Waals surface area contributed by atoms with E-state index in [4.69, 9.17) is 5.11 Å². The van der Waals surface area contributed by atoms with Gasteiger partial charge in [0.15, 0.2) is 0 Å². The first kappa shape index (κ1) is 14.5. The highest BCUT2D eigenvalue weighted by Gasteiger charge is 2.38. The molecule has 1 aromatic carbocycles. The molecule has 0 aliphatic carbocycles. The molecule has 5 nitrogen and oxygen atoms in total. The Balaban J connectivity index is 1.94. The topological polar surface area (TPSA) is 77.8 Å². The van der Waals surface area contributed by atoms with E-state index in [0.717, 1.165) is 5.56 Å². The van der Waals surface area contributed by atoms with Gasteiger partial charge in [0.2, 0.25) is 5.91 Å². The van der Waals surface area contributed by atoms with Gasteiger partial charge in [-0.05, 0) is 24.1 Å². The lowest BCUT2D eigenvalue weighted by Crippen LogP contribution is -2.40. The van der Waals surface area contributed by atoms with E-state index in [2.05, 4.69) is 0 Å². The minimum atomic E-state index is -1.10. The normalized spacial score (nSPS) is 22.0. The van der Waals surface area contributed by atoms with Crippen LogP contribution in [0, 0.1) is 5.82 Å². The fourth-order valence-corrected chi connectivity index (χ4v) is 2.37. The third-order valence-corrected chi connectivity index (χ3v) is 3.43. The standard InChI is InChI=1S/C14H16FNO4/c15-10-4-1-9(2-5-10)3-6-13(18)16-8-11(17)7-12(16)14(19)20/h1-2,4-5,11-12,17H,3,6-8H2,(H,19,20)/t11-,12-/m0/s1. The highest BCUT2D eigenvalue weighted by atomic mass is 19.1. The zero-order valence-corrected chi connectivity index (χ0v) is 10.8. The summed E-state index contributed by atoms with van der Waals surface area (Å²) in [7, 11) is 0. The minimum Gasteiger partial charge on any atom is -0.480 e. The van der Waals surface area contributed by atoms with Crippen molar-refractivity contribution in [1.82, 2.24) is 4.90 Å². The molecule has 1 aromatic rings. The molecule has 1 fully saturated rings. The monoisotopic (exact) mass is 281 g/mol. The Labute approximate surface area is 115 Å². The molecule has 1 heterocycles. The second kappa shape index (κ2) is 6.00. The van der Waals surface area contributed by atoms with Crippen molar-refractivity contribution in [1.29, 1.82) is 0 Å². The molecule has 0 spiro atoms. The van der Waals surface area contributed by atoms with Crippen molar-refractivity contribution < 1.29 is 24.2 Å². The molecule has 0 aromatic heterocycles. The van der Waals surface area contributed by atoms with Crippen molar-refractivity contribution in [3.05, 3.63) is 35.6 Å². The highest BCUT2D eigenvalue weighted by molar-refractivity contribution is 5.84. The number of rotatable bonds is 4. The Kier molecular flexibility index (Phi) is 4.34. The molecule has 1 aliphatic heterocycles.